The highest BCUT2D eigenvalue weighted by Gasteiger charge is 2.09. The van der Waals surface area contributed by atoms with E-state index in [0.717, 1.165) is 18.2 Å². The summed E-state index contributed by atoms with van der Waals surface area (Å²) in [5, 5.41) is 9.59. The fourth-order valence-electron chi connectivity index (χ4n) is 1.26. The number of hydrogen-bond donors (Lipinski definition) is 1. The number of carbonyl (C=O) groups is 2. The SMILES string of the molecule is CCOC(=O)CC(=O)C=C(O)c1ccc(F)cc1. The first-order valence-electron chi connectivity index (χ1n) is 5.38. The van der Waals surface area contributed by atoms with Crippen molar-refractivity contribution < 1.29 is 23.8 Å². The molecule has 0 saturated carbocycles. The second-order valence-electron chi connectivity index (χ2n) is 3.48. The van der Waals surface area contributed by atoms with Gasteiger partial charge in [-0.3, -0.25) is 9.59 Å². The number of ketones is 1. The maximum absolute atomic E-state index is 12.6. The molecule has 0 fully saturated rings. The van der Waals surface area contributed by atoms with Crippen molar-refractivity contribution in [2.45, 2.75) is 13.3 Å². The monoisotopic (exact) mass is 252 g/mol. The van der Waals surface area contributed by atoms with Crippen LogP contribution >= 0.6 is 0 Å². The van der Waals surface area contributed by atoms with Crippen molar-refractivity contribution in [3.63, 3.8) is 0 Å². The molecule has 0 atom stereocenters. The van der Waals surface area contributed by atoms with E-state index in [-0.39, 0.29) is 12.4 Å². The number of carbonyl (C=O) groups excluding carboxylic acids is 2. The molecular formula is C13H13FO4. The minimum atomic E-state index is -0.648. The van der Waals surface area contributed by atoms with Crippen LogP contribution in [0.15, 0.2) is 30.3 Å². The van der Waals surface area contributed by atoms with Gasteiger partial charge in [0.2, 0.25) is 0 Å². The van der Waals surface area contributed by atoms with Crippen LogP contribution in [-0.2, 0) is 14.3 Å². The molecule has 1 N–H and O–H groups in total. The molecule has 0 heterocycles. The van der Waals surface area contributed by atoms with Crippen molar-refractivity contribution in [3.8, 4) is 0 Å². The lowest BCUT2D eigenvalue weighted by Crippen LogP contribution is -2.09. The Balaban J connectivity index is 2.68. The summed E-state index contributed by atoms with van der Waals surface area (Å²) >= 11 is 0. The predicted octanol–water partition coefficient (Wildman–Crippen LogP) is 2.25. The smallest absolute Gasteiger partial charge is 0.313 e. The first-order chi connectivity index (χ1) is 8.52. The molecule has 18 heavy (non-hydrogen) atoms. The first kappa shape index (κ1) is 13.9. The molecule has 0 aliphatic carbocycles. The zero-order valence-electron chi connectivity index (χ0n) is 9.85. The van der Waals surface area contributed by atoms with E-state index in [4.69, 9.17) is 0 Å². The van der Waals surface area contributed by atoms with E-state index < -0.39 is 24.0 Å². The predicted molar refractivity (Wildman–Crippen MR) is 63.3 cm³/mol. The highest BCUT2D eigenvalue weighted by atomic mass is 19.1. The molecular weight excluding hydrogens is 239 g/mol. The van der Waals surface area contributed by atoms with E-state index >= 15 is 0 Å². The molecule has 0 aliphatic rings. The lowest BCUT2D eigenvalue weighted by Gasteiger charge is -2.01. The molecule has 0 aromatic heterocycles. The summed E-state index contributed by atoms with van der Waals surface area (Å²) in [6, 6.07) is 4.99. The Morgan fingerprint density at radius 2 is 1.94 bits per heavy atom. The van der Waals surface area contributed by atoms with Gasteiger partial charge >= 0.3 is 5.97 Å². The van der Waals surface area contributed by atoms with E-state index in [2.05, 4.69) is 4.74 Å². The highest BCUT2D eigenvalue weighted by Crippen LogP contribution is 2.12. The number of aliphatic hydroxyl groups is 1. The fraction of sp³-hybridized carbons (Fsp3) is 0.231. The van der Waals surface area contributed by atoms with Gasteiger partial charge < -0.3 is 9.84 Å². The molecule has 5 heteroatoms. The Morgan fingerprint density at radius 3 is 2.50 bits per heavy atom. The molecule has 1 aromatic rings. The summed E-state index contributed by atoms with van der Waals surface area (Å²) in [7, 11) is 0. The Morgan fingerprint density at radius 1 is 1.33 bits per heavy atom. The number of rotatable bonds is 5. The number of esters is 1. The lowest BCUT2D eigenvalue weighted by molar-refractivity contribution is -0.144. The third-order valence-electron chi connectivity index (χ3n) is 2.06. The number of ether oxygens (including phenoxy) is 1. The van der Waals surface area contributed by atoms with Crippen LogP contribution in [0.5, 0.6) is 0 Å². The van der Waals surface area contributed by atoms with Gasteiger partial charge in [0.05, 0.1) is 6.61 Å². The van der Waals surface area contributed by atoms with Crippen LogP contribution in [0.3, 0.4) is 0 Å². The van der Waals surface area contributed by atoms with Crippen LogP contribution in [0, 0.1) is 5.82 Å². The molecule has 0 aliphatic heterocycles. The number of aliphatic hydroxyl groups excluding tert-OH is 1. The number of allylic oxidation sites excluding steroid dienone is 1. The lowest BCUT2D eigenvalue weighted by atomic mass is 10.1. The number of hydrogen-bond acceptors (Lipinski definition) is 4. The van der Waals surface area contributed by atoms with Crippen molar-refractivity contribution in [1.29, 1.82) is 0 Å². The Kier molecular flexibility index (Phi) is 5.05. The highest BCUT2D eigenvalue weighted by molar-refractivity contribution is 6.04. The molecule has 4 nitrogen and oxygen atoms in total. The maximum Gasteiger partial charge on any atom is 0.313 e. The van der Waals surface area contributed by atoms with Gasteiger partial charge in [-0.1, -0.05) is 0 Å². The minimum Gasteiger partial charge on any atom is -0.507 e. The molecule has 1 rings (SSSR count). The van der Waals surface area contributed by atoms with Gasteiger partial charge in [0.15, 0.2) is 5.78 Å². The van der Waals surface area contributed by atoms with Gasteiger partial charge in [-0.25, -0.2) is 4.39 Å². The van der Waals surface area contributed by atoms with Crippen LogP contribution in [0.2, 0.25) is 0 Å². The van der Waals surface area contributed by atoms with Gasteiger partial charge in [0, 0.05) is 11.6 Å². The molecule has 0 radical (unpaired) electrons. The summed E-state index contributed by atoms with van der Waals surface area (Å²) < 4.78 is 17.2. The number of halogens is 1. The van der Waals surface area contributed by atoms with Crippen LogP contribution in [0.25, 0.3) is 5.76 Å². The third kappa shape index (κ3) is 4.37. The zero-order valence-corrected chi connectivity index (χ0v) is 9.85. The van der Waals surface area contributed by atoms with Crippen molar-refractivity contribution in [3.05, 3.63) is 41.7 Å². The molecule has 0 unspecified atom stereocenters. The van der Waals surface area contributed by atoms with Gasteiger partial charge in [-0.05, 0) is 31.2 Å². The van der Waals surface area contributed by atoms with E-state index in [1.54, 1.807) is 6.92 Å². The molecule has 0 saturated heterocycles. The van der Waals surface area contributed by atoms with E-state index in [9.17, 15) is 19.1 Å². The van der Waals surface area contributed by atoms with Gasteiger partial charge in [-0.2, -0.15) is 0 Å². The second kappa shape index (κ2) is 6.54. The average molecular weight is 252 g/mol. The summed E-state index contributed by atoms with van der Waals surface area (Å²) in [5.74, 6) is -1.98. The number of benzene rings is 1. The second-order valence-corrected chi connectivity index (χ2v) is 3.48. The summed E-state index contributed by atoms with van der Waals surface area (Å²) in [6.45, 7) is 1.83. The summed E-state index contributed by atoms with van der Waals surface area (Å²) in [6.07, 6.45) is 0.489. The Hall–Kier alpha value is -2.17. The summed E-state index contributed by atoms with van der Waals surface area (Å²) in [4.78, 5) is 22.4. The first-order valence-corrected chi connectivity index (χ1v) is 5.38. The van der Waals surface area contributed by atoms with Gasteiger partial charge in [0.1, 0.15) is 18.0 Å². The van der Waals surface area contributed by atoms with E-state index in [1.807, 2.05) is 0 Å². The van der Waals surface area contributed by atoms with Gasteiger partial charge in [0.25, 0.3) is 0 Å². The Labute approximate surface area is 104 Å². The van der Waals surface area contributed by atoms with Crippen molar-refractivity contribution in [2.75, 3.05) is 6.61 Å². The summed E-state index contributed by atoms with van der Waals surface area (Å²) in [5.41, 5.74) is 0.300. The average Bonchev–Trinajstić information content (AvgIpc) is 2.29. The Bertz CT molecular complexity index is 462. The quantitative estimate of drug-likeness (QED) is 0.378. The third-order valence-corrected chi connectivity index (χ3v) is 2.06. The largest absolute Gasteiger partial charge is 0.507 e. The normalized spacial score (nSPS) is 11.1. The fourth-order valence-corrected chi connectivity index (χ4v) is 1.26. The zero-order chi connectivity index (χ0) is 13.5. The van der Waals surface area contributed by atoms with E-state index in [1.165, 1.54) is 12.1 Å². The van der Waals surface area contributed by atoms with Gasteiger partial charge in [-0.15, -0.1) is 0 Å². The van der Waals surface area contributed by atoms with Crippen LogP contribution in [0.4, 0.5) is 4.39 Å². The van der Waals surface area contributed by atoms with E-state index in [0.29, 0.717) is 5.56 Å². The molecule has 1 aromatic carbocycles. The van der Waals surface area contributed by atoms with Crippen molar-refractivity contribution in [1.82, 2.24) is 0 Å². The topological polar surface area (TPSA) is 63.6 Å². The molecule has 0 spiro atoms. The molecule has 0 amide bonds. The molecule has 96 valence electrons. The van der Waals surface area contributed by atoms with Crippen LogP contribution < -0.4 is 0 Å². The van der Waals surface area contributed by atoms with Crippen molar-refractivity contribution in [2.24, 2.45) is 0 Å². The molecule has 0 bridgehead atoms. The van der Waals surface area contributed by atoms with Crippen LogP contribution in [-0.4, -0.2) is 23.5 Å². The maximum atomic E-state index is 12.6. The van der Waals surface area contributed by atoms with Crippen molar-refractivity contribution >= 4 is 17.5 Å². The van der Waals surface area contributed by atoms with Crippen LogP contribution in [0.1, 0.15) is 18.9 Å². The standard InChI is InChI=1S/C13H13FO4/c1-2-18-13(17)8-11(15)7-12(16)9-3-5-10(14)6-4-9/h3-7,16H,2,8H2,1H3. The minimum absolute atomic E-state index is 0.194.